The molecule has 4 heteroatoms. The Morgan fingerprint density at radius 3 is 2.81 bits per heavy atom. The van der Waals surface area contributed by atoms with Crippen molar-refractivity contribution in [1.82, 2.24) is 0 Å². The van der Waals surface area contributed by atoms with Gasteiger partial charge in [0.05, 0.1) is 17.8 Å². The normalized spacial score (nSPS) is 29.2. The second-order valence-electron chi connectivity index (χ2n) is 6.66. The van der Waals surface area contributed by atoms with Crippen LogP contribution in [0.25, 0.3) is 0 Å². The van der Waals surface area contributed by atoms with E-state index in [2.05, 4.69) is 18.8 Å². The Kier molecular flexibility index (Phi) is 3.64. The van der Waals surface area contributed by atoms with Crippen LogP contribution in [0.15, 0.2) is 29.3 Å². The predicted molar refractivity (Wildman–Crippen MR) is 84.9 cm³/mol. The highest BCUT2D eigenvalue weighted by Crippen LogP contribution is 2.46. The van der Waals surface area contributed by atoms with E-state index in [1.54, 1.807) is 6.07 Å². The predicted octanol–water partition coefficient (Wildman–Crippen LogP) is 3.55. The van der Waals surface area contributed by atoms with Crippen molar-refractivity contribution in [2.75, 3.05) is 11.4 Å². The van der Waals surface area contributed by atoms with Gasteiger partial charge in [-0.25, -0.2) is 4.39 Å². The molecule has 2 unspecified atom stereocenters. The topological polar surface area (TPSA) is 41.6 Å². The molecule has 1 aliphatic carbocycles. The second kappa shape index (κ2) is 5.32. The van der Waals surface area contributed by atoms with Gasteiger partial charge in [0, 0.05) is 0 Å². The lowest BCUT2D eigenvalue weighted by Gasteiger charge is -2.49. The van der Waals surface area contributed by atoms with E-state index in [1.807, 2.05) is 17.0 Å². The lowest BCUT2D eigenvalue weighted by molar-refractivity contribution is 0.156. The van der Waals surface area contributed by atoms with Crippen molar-refractivity contribution in [1.29, 1.82) is 0 Å². The van der Waals surface area contributed by atoms with E-state index in [9.17, 15) is 4.39 Å². The Morgan fingerprint density at radius 2 is 2.10 bits per heavy atom. The molecule has 114 valence electrons. The zero-order chi connectivity index (χ0) is 15.0. The zero-order valence-corrected chi connectivity index (χ0v) is 12.8. The number of hydrogen-bond acceptors (Lipinski definition) is 3. The summed E-state index contributed by atoms with van der Waals surface area (Å²) in [4.78, 5) is 6.49. The minimum atomic E-state index is -0.218. The molecule has 2 atom stereocenters. The summed E-state index contributed by atoms with van der Waals surface area (Å²) in [6.07, 6.45) is 4.62. The molecule has 1 saturated carbocycles. The van der Waals surface area contributed by atoms with Crippen LogP contribution < -0.4 is 10.6 Å². The maximum Gasteiger partial charge on any atom is 0.196 e. The SMILES string of the molecule is CC(C)C1CCCCC12CN=C(N)N2c1ccccc1F. The molecular formula is C17H24FN3. The number of hydrogen-bond donors (Lipinski definition) is 1. The van der Waals surface area contributed by atoms with Crippen molar-refractivity contribution < 1.29 is 4.39 Å². The van der Waals surface area contributed by atoms with Crippen molar-refractivity contribution in [3.63, 3.8) is 0 Å². The molecule has 0 aromatic heterocycles. The zero-order valence-electron chi connectivity index (χ0n) is 12.8. The number of nitrogens with zero attached hydrogens (tertiary/aromatic N) is 2. The molecule has 3 rings (SSSR count). The van der Waals surface area contributed by atoms with Gasteiger partial charge >= 0.3 is 0 Å². The maximum absolute atomic E-state index is 14.3. The number of aliphatic imine (C=N–C) groups is 1. The molecule has 3 nitrogen and oxygen atoms in total. The summed E-state index contributed by atoms with van der Waals surface area (Å²) < 4.78 is 14.3. The Hall–Kier alpha value is -1.58. The van der Waals surface area contributed by atoms with Crippen LogP contribution in [-0.2, 0) is 0 Å². The van der Waals surface area contributed by atoms with E-state index in [0.29, 0.717) is 30.0 Å². The first-order chi connectivity index (χ1) is 10.1. The first kappa shape index (κ1) is 14.4. The molecule has 2 N–H and O–H groups in total. The summed E-state index contributed by atoms with van der Waals surface area (Å²) in [6, 6.07) is 6.90. The number of nitrogens with two attached hydrogens (primary N) is 1. The van der Waals surface area contributed by atoms with Gasteiger partial charge in [0.2, 0.25) is 0 Å². The summed E-state index contributed by atoms with van der Waals surface area (Å²) in [5.74, 6) is 1.29. The summed E-state index contributed by atoms with van der Waals surface area (Å²) in [5.41, 5.74) is 6.59. The summed E-state index contributed by atoms with van der Waals surface area (Å²) in [6.45, 7) is 5.20. The molecule has 1 heterocycles. The van der Waals surface area contributed by atoms with Gasteiger partial charge < -0.3 is 10.6 Å². The van der Waals surface area contributed by atoms with Gasteiger partial charge in [-0.3, -0.25) is 4.99 Å². The van der Waals surface area contributed by atoms with Crippen molar-refractivity contribution in [3.05, 3.63) is 30.1 Å². The van der Waals surface area contributed by atoms with Gasteiger partial charge in [0.25, 0.3) is 0 Å². The third kappa shape index (κ3) is 2.21. The number of para-hydroxylation sites is 1. The average Bonchev–Trinajstić information content (AvgIpc) is 2.77. The summed E-state index contributed by atoms with van der Waals surface area (Å²) in [7, 11) is 0. The van der Waals surface area contributed by atoms with Gasteiger partial charge in [0.1, 0.15) is 5.82 Å². The molecule has 0 bridgehead atoms. The van der Waals surface area contributed by atoms with E-state index >= 15 is 0 Å². The maximum atomic E-state index is 14.3. The van der Waals surface area contributed by atoms with Crippen LogP contribution in [0.5, 0.6) is 0 Å². The van der Waals surface area contributed by atoms with Crippen LogP contribution >= 0.6 is 0 Å². The van der Waals surface area contributed by atoms with Crippen LogP contribution in [0.1, 0.15) is 39.5 Å². The molecule has 0 saturated heterocycles. The molecule has 0 radical (unpaired) electrons. The standard InChI is InChI=1S/C17H24FN3/c1-12(2)13-7-5-6-10-17(13)11-20-16(19)21(17)15-9-4-3-8-14(15)18/h3-4,8-9,12-13H,5-7,10-11H2,1-2H3,(H2,19,20). The number of rotatable bonds is 2. The van der Waals surface area contributed by atoms with Gasteiger partial charge in [-0.15, -0.1) is 0 Å². The Bertz CT molecular complexity index is 555. The first-order valence-corrected chi connectivity index (χ1v) is 7.91. The number of anilines is 1. The third-order valence-electron chi connectivity index (χ3n) is 5.15. The Labute approximate surface area is 126 Å². The summed E-state index contributed by atoms with van der Waals surface area (Å²) >= 11 is 0. The van der Waals surface area contributed by atoms with E-state index in [1.165, 1.54) is 18.9 Å². The molecular weight excluding hydrogens is 265 g/mol. The van der Waals surface area contributed by atoms with E-state index in [0.717, 1.165) is 12.8 Å². The van der Waals surface area contributed by atoms with E-state index in [-0.39, 0.29) is 11.4 Å². The fourth-order valence-electron chi connectivity index (χ4n) is 4.26. The third-order valence-corrected chi connectivity index (χ3v) is 5.15. The van der Waals surface area contributed by atoms with Crippen LogP contribution in [0.2, 0.25) is 0 Å². The quantitative estimate of drug-likeness (QED) is 0.904. The minimum Gasteiger partial charge on any atom is -0.369 e. The number of guanidine groups is 1. The lowest BCUT2D eigenvalue weighted by Crippen LogP contribution is -2.59. The molecule has 1 spiro atoms. The highest BCUT2D eigenvalue weighted by atomic mass is 19.1. The van der Waals surface area contributed by atoms with Crippen molar-refractivity contribution in [2.24, 2.45) is 22.6 Å². The monoisotopic (exact) mass is 289 g/mol. The van der Waals surface area contributed by atoms with Crippen LogP contribution in [-0.4, -0.2) is 18.0 Å². The largest absolute Gasteiger partial charge is 0.369 e. The second-order valence-corrected chi connectivity index (χ2v) is 6.66. The average molecular weight is 289 g/mol. The van der Waals surface area contributed by atoms with Gasteiger partial charge in [-0.1, -0.05) is 38.8 Å². The lowest BCUT2D eigenvalue weighted by atomic mass is 9.67. The molecule has 1 aliphatic heterocycles. The van der Waals surface area contributed by atoms with Crippen molar-refractivity contribution in [2.45, 2.75) is 45.1 Å². The van der Waals surface area contributed by atoms with Crippen LogP contribution in [0.3, 0.4) is 0 Å². The van der Waals surface area contributed by atoms with Crippen molar-refractivity contribution >= 4 is 11.6 Å². The van der Waals surface area contributed by atoms with Crippen LogP contribution in [0.4, 0.5) is 10.1 Å². The van der Waals surface area contributed by atoms with E-state index in [4.69, 9.17) is 5.73 Å². The molecule has 2 aliphatic rings. The summed E-state index contributed by atoms with van der Waals surface area (Å²) in [5, 5.41) is 0. The molecule has 1 fully saturated rings. The molecule has 0 amide bonds. The Morgan fingerprint density at radius 1 is 1.33 bits per heavy atom. The number of benzene rings is 1. The van der Waals surface area contributed by atoms with Crippen molar-refractivity contribution in [3.8, 4) is 0 Å². The Balaban J connectivity index is 2.07. The fraction of sp³-hybridized carbons (Fsp3) is 0.588. The fourth-order valence-corrected chi connectivity index (χ4v) is 4.26. The van der Waals surface area contributed by atoms with Crippen LogP contribution in [0, 0.1) is 17.7 Å². The number of halogens is 1. The molecule has 21 heavy (non-hydrogen) atoms. The van der Waals surface area contributed by atoms with Gasteiger partial charge in [-0.2, -0.15) is 0 Å². The molecule has 1 aromatic carbocycles. The highest BCUT2D eigenvalue weighted by molar-refractivity contribution is 5.98. The minimum absolute atomic E-state index is 0.140. The highest BCUT2D eigenvalue weighted by Gasteiger charge is 2.51. The smallest absolute Gasteiger partial charge is 0.196 e. The first-order valence-electron chi connectivity index (χ1n) is 7.91. The molecule has 1 aromatic rings. The van der Waals surface area contributed by atoms with Gasteiger partial charge in [-0.05, 0) is 36.8 Å². The van der Waals surface area contributed by atoms with Gasteiger partial charge in [0.15, 0.2) is 5.96 Å². The van der Waals surface area contributed by atoms with E-state index < -0.39 is 0 Å².